The van der Waals surface area contributed by atoms with E-state index in [1.54, 1.807) is 18.2 Å². The zero-order chi connectivity index (χ0) is 16.2. The summed E-state index contributed by atoms with van der Waals surface area (Å²) in [7, 11) is -3.51. The van der Waals surface area contributed by atoms with Crippen molar-refractivity contribution >= 4 is 41.9 Å². The molecule has 0 spiro atoms. The third-order valence-corrected chi connectivity index (χ3v) is 6.12. The van der Waals surface area contributed by atoms with Crippen molar-refractivity contribution in [1.82, 2.24) is 9.62 Å². The Morgan fingerprint density at radius 1 is 1.14 bits per heavy atom. The Balaban J connectivity index is 2.76. The number of sulfonamides is 1. The van der Waals surface area contributed by atoms with Crippen LogP contribution in [0.5, 0.6) is 0 Å². The van der Waals surface area contributed by atoms with Crippen molar-refractivity contribution in [2.45, 2.75) is 44.7 Å². The molecule has 0 aliphatic carbocycles. The van der Waals surface area contributed by atoms with E-state index in [1.807, 2.05) is 0 Å². The average Bonchev–Trinajstić information content (AvgIpc) is 2.36. The van der Waals surface area contributed by atoms with Crippen LogP contribution in [0.25, 0.3) is 0 Å². The van der Waals surface area contributed by atoms with Crippen LogP contribution in [0.2, 0.25) is 0 Å². The van der Waals surface area contributed by atoms with Crippen LogP contribution in [0.3, 0.4) is 0 Å². The molecule has 0 saturated carbocycles. The van der Waals surface area contributed by atoms with Gasteiger partial charge in [-0.1, -0.05) is 15.9 Å². The second-order valence-corrected chi connectivity index (χ2v) is 8.90. The highest BCUT2D eigenvalue weighted by Gasteiger charge is 2.19. The van der Waals surface area contributed by atoms with Crippen LogP contribution in [0, 0.1) is 0 Å². The van der Waals surface area contributed by atoms with Crippen LogP contribution >= 0.6 is 31.9 Å². The van der Waals surface area contributed by atoms with E-state index < -0.39 is 10.0 Å². The lowest BCUT2D eigenvalue weighted by Crippen LogP contribution is -2.42. The first kappa shape index (κ1) is 19.1. The van der Waals surface area contributed by atoms with Gasteiger partial charge in [-0.3, -0.25) is 4.90 Å². The first-order valence-corrected chi connectivity index (χ1v) is 9.92. The summed E-state index contributed by atoms with van der Waals surface area (Å²) < 4.78 is 28.6. The molecule has 0 amide bonds. The molecule has 1 aromatic rings. The summed E-state index contributed by atoms with van der Waals surface area (Å²) in [5, 5.41) is 0. The van der Waals surface area contributed by atoms with Crippen molar-refractivity contribution in [1.29, 1.82) is 0 Å². The lowest BCUT2D eigenvalue weighted by atomic mass is 10.2. The minimum Gasteiger partial charge on any atom is -0.297 e. The number of hydrogen-bond donors (Lipinski definition) is 1. The standard InChI is InChI=1S/C14H22Br2N2O2S/c1-10(2)18(11(3)4)8-7-17-21(19,20)14-9-12(15)5-6-13(14)16/h5-6,9-11,17H,7-8H2,1-4H3. The molecule has 0 aliphatic heterocycles. The highest BCUT2D eigenvalue weighted by Crippen LogP contribution is 2.25. The van der Waals surface area contributed by atoms with Crippen LogP contribution in [-0.4, -0.2) is 38.5 Å². The van der Waals surface area contributed by atoms with Crippen molar-refractivity contribution in [3.05, 3.63) is 27.1 Å². The van der Waals surface area contributed by atoms with Crippen molar-refractivity contribution in [2.75, 3.05) is 13.1 Å². The average molecular weight is 442 g/mol. The first-order chi connectivity index (χ1) is 9.65. The van der Waals surface area contributed by atoms with Gasteiger partial charge >= 0.3 is 0 Å². The van der Waals surface area contributed by atoms with Gasteiger partial charge in [0.1, 0.15) is 0 Å². The van der Waals surface area contributed by atoms with Gasteiger partial charge in [-0.15, -0.1) is 0 Å². The summed E-state index contributed by atoms with van der Waals surface area (Å²) in [6.07, 6.45) is 0. The summed E-state index contributed by atoms with van der Waals surface area (Å²) in [4.78, 5) is 2.50. The maximum Gasteiger partial charge on any atom is 0.241 e. The predicted octanol–water partition coefficient (Wildman–Crippen LogP) is 3.61. The molecule has 0 atom stereocenters. The number of hydrogen-bond acceptors (Lipinski definition) is 3. The predicted molar refractivity (Wildman–Crippen MR) is 94.0 cm³/mol. The summed E-state index contributed by atoms with van der Waals surface area (Å²) >= 11 is 6.58. The monoisotopic (exact) mass is 440 g/mol. The van der Waals surface area contributed by atoms with E-state index in [9.17, 15) is 8.42 Å². The van der Waals surface area contributed by atoms with Gasteiger partial charge in [0.25, 0.3) is 0 Å². The molecule has 1 aromatic carbocycles. The molecule has 0 aliphatic rings. The molecule has 7 heteroatoms. The lowest BCUT2D eigenvalue weighted by molar-refractivity contribution is 0.179. The quantitative estimate of drug-likeness (QED) is 0.702. The fourth-order valence-electron chi connectivity index (χ4n) is 2.18. The van der Waals surface area contributed by atoms with E-state index >= 15 is 0 Å². The van der Waals surface area contributed by atoms with Gasteiger partial charge in [0.05, 0.1) is 4.90 Å². The molecule has 21 heavy (non-hydrogen) atoms. The SMILES string of the molecule is CC(C)N(CCNS(=O)(=O)c1cc(Br)ccc1Br)C(C)C. The smallest absolute Gasteiger partial charge is 0.241 e. The van der Waals surface area contributed by atoms with Crippen molar-refractivity contribution in [2.24, 2.45) is 0 Å². The van der Waals surface area contributed by atoms with E-state index in [0.29, 0.717) is 29.6 Å². The van der Waals surface area contributed by atoms with Gasteiger partial charge in [-0.2, -0.15) is 0 Å². The van der Waals surface area contributed by atoms with E-state index in [-0.39, 0.29) is 4.90 Å². The lowest BCUT2D eigenvalue weighted by Gasteiger charge is -2.30. The van der Waals surface area contributed by atoms with Gasteiger partial charge in [-0.05, 0) is 61.8 Å². The summed E-state index contributed by atoms with van der Waals surface area (Å²) in [5.41, 5.74) is 0. The molecule has 0 bridgehead atoms. The van der Waals surface area contributed by atoms with Crippen LogP contribution < -0.4 is 4.72 Å². The maximum absolute atomic E-state index is 12.3. The van der Waals surface area contributed by atoms with E-state index in [0.717, 1.165) is 4.47 Å². The maximum atomic E-state index is 12.3. The molecule has 0 fully saturated rings. The van der Waals surface area contributed by atoms with Crippen molar-refractivity contribution < 1.29 is 8.42 Å². The van der Waals surface area contributed by atoms with Crippen LogP contribution in [-0.2, 0) is 10.0 Å². The molecular weight excluding hydrogens is 420 g/mol. The molecule has 0 unspecified atom stereocenters. The fourth-order valence-corrected chi connectivity index (χ4v) is 4.70. The Morgan fingerprint density at radius 3 is 2.24 bits per heavy atom. The third-order valence-electron chi connectivity index (χ3n) is 3.17. The van der Waals surface area contributed by atoms with E-state index in [4.69, 9.17) is 0 Å². The zero-order valence-corrected chi connectivity index (χ0v) is 16.7. The Morgan fingerprint density at radius 2 is 1.71 bits per heavy atom. The second-order valence-electron chi connectivity index (χ2n) is 5.40. The molecule has 0 radical (unpaired) electrons. The topological polar surface area (TPSA) is 49.4 Å². The Kier molecular flexibility index (Phi) is 7.33. The Labute approximate surface area is 144 Å². The highest BCUT2D eigenvalue weighted by atomic mass is 79.9. The van der Waals surface area contributed by atoms with Gasteiger partial charge in [0, 0.05) is 34.1 Å². The molecule has 4 nitrogen and oxygen atoms in total. The fraction of sp³-hybridized carbons (Fsp3) is 0.571. The second kappa shape index (κ2) is 8.06. The molecule has 120 valence electrons. The minimum absolute atomic E-state index is 0.248. The van der Waals surface area contributed by atoms with Crippen LogP contribution in [0.15, 0.2) is 32.0 Å². The van der Waals surface area contributed by atoms with Gasteiger partial charge in [0.15, 0.2) is 0 Å². The summed E-state index contributed by atoms with van der Waals surface area (Å²) in [6.45, 7) is 9.51. The molecule has 0 aromatic heterocycles. The minimum atomic E-state index is -3.51. The zero-order valence-electron chi connectivity index (χ0n) is 12.7. The molecule has 1 rings (SSSR count). The van der Waals surface area contributed by atoms with Gasteiger partial charge in [-0.25, -0.2) is 13.1 Å². The molecule has 1 N–H and O–H groups in total. The van der Waals surface area contributed by atoms with E-state index in [2.05, 4.69) is 69.2 Å². The highest BCUT2D eigenvalue weighted by molar-refractivity contribution is 9.11. The van der Waals surface area contributed by atoms with E-state index in [1.165, 1.54) is 0 Å². The van der Waals surface area contributed by atoms with Crippen LogP contribution in [0.1, 0.15) is 27.7 Å². The van der Waals surface area contributed by atoms with Crippen molar-refractivity contribution in [3.8, 4) is 0 Å². The Hall–Kier alpha value is 0.0500. The van der Waals surface area contributed by atoms with Crippen LogP contribution in [0.4, 0.5) is 0 Å². The summed E-state index contributed by atoms with van der Waals surface area (Å²) in [5.74, 6) is 0. The number of halogens is 2. The Bertz CT molecular complexity index is 566. The first-order valence-electron chi connectivity index (χ1n) is 6.85. The number of benzene rings is 1. The van der Waals surface area contributed by atoms with Gasteiger partial charge in [0.2, 0.25) is 10.0 Å². The number of rotatable bonds is 7. The third kappa shape index (κ3) is 5.63. The summed E-state index contributed by atoms with van der Waals surface area (Å²) in [6, 6.07) is 5.86. The van der Waals surface area contributed by atoms with Gasteiger partial charge < -0.3 is 0 Å². The van der Waals surface area contributed by atoms with Crippen molar-refractivity contribution in [3.63, 3.8) is 0 Å². The molecular formula is C14H22Br2N2O2S. The molecule has 0 heterocycles. The molecule has 0 saturated heterocycles. The number of nitrogens with one attached hydrogen (secondary N) is 1. The normalized spacial score (nSPS) is 12.6. The largest absolute Gasteiger partial charge is 0.297 e. The number of nitrogens with zero attached hydrogens (tertiary/aromatic N) is 1.